The van der Waals surface area contributed by atoms with Crippen LogP contribution in [0.2, 0.25) is 0 Å². The molecule has 6 nitrogen and oxygen atoms in total. The van der Waals surface area contributed by atoms with E-state index in [0.29, 0.717) is 18.6 Å². The van der Waals surface area contributed by atoms with Gasteiger partial charge in [0, 0.05) is 41.3 Å². The summed E-state index contributed by atoms with van der Waals surface area (Å²) in [6.07, 6.45) is 2.71. The molecule has 2 amide bonds. The van der Waals surface area contributed by atoms with E-state index in [-0.39, 0.29) is 24.5 Å². The van der Waals surface area contributed by atoms with Crippen LogP contribution in [0, 0.1) is 0 Å². The number of urea groups is 1. The average Bonchev–Trinajstić information content (AvgIpc) is 2.23. The Morgan fingerprint density at radius 1 is 1.17 bits per heavy atom. The molecule has 0 bridgehead atoms. The lowest BCUT2D eigenvalue weighted by molar-refractivity contribution is -0.137. The first-order valence-corrected chi connectivity index (χ1v) is 7.62. The lowest BCUT2D eigenvalue weighted by atomic mass is 10.2. The minimum absolute atomic E-state index is 0.0335. The van der Waals surface area contributed by atoms with Gasteiger partial charge in [0.2, 0.25) is 0 Å². The largest absolute Gasteiger partial charge is 0.481 e. The Balaban J connectivity index is 3.81. The molecule has 0 fully saturated rings. The molecule has 0 rings (SSSR count). The zero-order valence-electron chi connectivity index (χ0n) is 11.1. The number of hydrogen-bond donors (Lipinski definition) is 3. The zero-order chi connectivity index (χ0) is 14.1. The summed E-state index contributed by atoms with van der Waals surface area (Å²) in [5.74, 6) is -0.321. The fraction of sp³-hybridized carbons (Fsp3) is 0.818. The molecule has 0 aliphatic heterocycles. The van der Waals surface area contributed by atoms with E-state index in [2.05, 4.69) is 10.6 Å². The van der Waals surface area contributed by atoms with Crippen molar-refractivity contribution in [3.8, 4) is 0 Å². The molecule has 3 N–H and O–H groups in total. The molecule has 0 saturated carbocycles. The van der Waals surface area contributed by atoms with Crippen LogP contribution in [0.15, 0.2) is 0 Å². The molecule has 7 heteroatoms. The summed E-state index contributed by atoms with van der Waals surface area (Å²) < 4.78 is 10.9. The van der Waals surface area contributed by atoms with Gasteiger partial charge in [0.15, 0.2) is 0 Å². The molecule has 3 atom stereocenters. The third-order valence-corrected chi connectivity index (χ3v) is 3.20. The van der Waals surface area contributed by atoms with E-state index in [0.717, 1.165) is 0 Å². The van der Waals surface area contributed by atoms with Crippen molar-refractivity contribution >= 4 is 22.8 Å². The third-order valence-electron chi connectivity index (χ3n) is 2.38. The van der Waals surface area contributed by atoms with Gasteiger partial charge in [-0.1, -0.05) is 0 Å². The first-order chi connectivity index (χ1) is 8.31. The molecule has 0 radical (unpaired) electrons. The molecule has 18 heavy (non-hydrogen) atoms. The second-order valence-corrected chi connectivity index (χ2v) is 5.97. The SMILES string of the molecule is CC(CCC(=O)O)NC(=O)NC(C)CCS(C)=O. The van der Waals surface area contributed by atoms with Crippen LogP contribution in [0.4, 0.5) is 4.79 Å². The van der Waals surface area contributed by atoms with Gasteiger partial charge in [0.05, 0.1) is 0 Å². The number of aliphatic carboxylic acids is 1. The fourth-order valence-electron chi connectivity index (χ4n) is 1.32. The first-order valence-electron chi connectivity index (χ1n) is 5.90. The van der Waals surface area contributed by atoms with Crippen LogP contribution in [0.5, 0.6) is 0 Å². The smallest absolute Gasteiger partial charge is 0.315 e. The maximum Gasteiger partial charge on any atom is 0.315 e. The summed E-state index contributed by atoms with van der Waals surface area (Å²) in [6.45, 7) is 3.60. The predicted molar refractivity (Wildman–Crippen MR) is 71.0 cm³/mol. The molecule has 0 aromatic carbocycles. The number of rotatable bonds is 8. The molecule has 0 aliphatic rings. The van der Waals surface area contributed by atoms with Gasteiger partial charge in [-0.25, -0.2) is 4.79 Å². The van der Waals surface area contributed by atoms with E-state index in [1.54, 1.807) is 13.2 Å². The molecule has 0 aromatic heterocycles. The molecular weight excluding hydrogens is 256 g/mol. The van der Waals surface area contributed by atoms with E-state index >= 15 is 0 Å². The summed E-state index contributed by atoms with van der Waals surface area (Å²) in [5.41, 5.74) is 0. The number of carbonyl (C=O) groups excluding carboxylic acids is 1. The second-order valence-electron chi connectivity index (χ2n) is 4.42. The van der Waals surface area contributed by atoms with Gasteiger partial charge < -0.3 is 15.7 Å². The average molecular weight is 278 g/mol. The Labute approximate surface area is 110 Å². The zero-order valence-corrected chi connectivity index (χ0v) is 11.9. The highest BCUT2D eigenvalue weighted by Gasteiger charge is 2.11. The molecule has 3 unspecified atom stereocenters. The summed E-state index contributed by atoms with van der Waals surface area (Å²) >= 11 is 0. The van der Waals surface area contributed by atoms with E-state index in [1.165, 1.54) is 0 Å². The Hall–Kier alpha value is -1.11. The second kappa shape index (κ2) is 8.91. The van der Waals surface area contributed by atoms with Crippen LogP contribution in [0.1, 0.15) is 33.1 Å². The fourth-order valence-corrected chi connectivity index (χ4v) is 2.00. The summed E-state index contributed by atoms with van der Waals surface area (Å²) in [7, 11) is -0.857. The maximum absolute atomic E-state index is 11.5. The summed E-state index contributed by atoms with van der Waals surface area (Å²) in [5, 5.41) is 13.9. The van der Waals surface area contributed by atoms with Crippen molar-refractivity contribution < 1.29 is 18.9 Å². The van der Waals surface area contributed by atoms with Gasteiger partial charge in [-0.15, -0.1) is 0 Å². The van der Waals surface area contributed by atoms with Gasteiger partial charge in [0.25, 0.3) is 0 Å². The number of carboxylic acid groups (broad SMARTS) is 1. The Morgan fingerprint density at radius 2 is 1.67 bits per heavy atom. The minimum Gasteiger partial charge on any atom is -0.481 e. The molecule has 0 spiro atoms. The van der Waals surface area contributed by atoms with Crippen molar-refractivity contribution in [2.75, 3.05) is 12.0 Å². The van der Waals surface area contributed by atoms with Gasteiger partial charge in [-0.2, -0.15) is 0 Å². The predicted octanol–water partition coefficient (Wildman–Crippen LogP) is 0.696. The van der Waals surface area contributed by atoms with Crippen molar-refractivity contribution in [1.82, 2.24) is 10.6 Å². The van der Waals surface area contributed by atoms with Gasteiger partial charge >= 0.3 is 12.0 Å². The Kier molecular flexibility index (Phi) is 8.36. The lowest BCUT2D eigenvalue weighted by Gasteiger charge is -2.17. The van der Waals surface area contributed by atoms with E-state index < -0.39 is 16.8 Å². The quantitative estimate of drug-likeness (QED) is 0.609. The van der Waals surface area contributed by atoms with Gasteiger partial charge in [-0.3, -0.25) is 9.00 Å². The topological polar surface area (TPSA) is 95.5 Å². The number of hydrogen-bond acceptors (Lipinski definition) is 3. The first kappa shape index (κ1) is 16.9. The maximum atomic E-state index is 11.5. The van der Waals surface area contributed by atoms with Crippen LogP contribution in [-0.4, -0.2) is 45.4 Å². The number of carboxylic acids is 1. The standard InChI is InChI=1S/C11H22N2O4S/c1-8(4-5-10(14)15)12-11(16)13-9(2)6-7-18(3)17/h8-9H,4-7H2,1-3H3,(H,14,15)(H2,12,13,16). The van der Waals surface area contributed by atoms with Crippen LogP contribution < -0.4 is 10.6 Å². The molecular formula is C11H22N2O4S. The van der Waals surface area contributed by atoms with Crippen molar-refractivity contribution in [3.05, 3.63) is 0 Å². The van der Waals surface area contributed by atoms with Crippen molar-refractivity contribution in [2.45, 2.75) is 45.2 Å². The molecule has 106 valence electrons. The van der Waals surface area contributed by atoms with Crippen LogP contribution in [-0.2, 0) is 15.6 Å². The Morgan fingerprint density at radius 3 is 2.11 bits per heavy atom. The molecule has 0 aromatic rings. The number of amides is 2. The molecule has 0 heterocycles. The van der Waals surface area contributed by atoms with Gasteiger partial charge in [0.1, 0.15) is 0 Å². The normalized spacial score (nSPS) is 15.5. The monoisotopic (exact) mass is 278 g/mol. The summed E-state index contributed by atoms with van der Waals surface area (Å²) in [6, 6.07) is -0.559. The minimum atomic E-state index is -0.872. The Bertz CT molecular complexity index is 281. The highest BCUT2D eigenvalue weighted by molar-refractivity contribution is 7.84. The highest BCUT2D eigenvalue weighted by atomic mass is 32.2. The molecule has 0 aliphatic carbocycles. The number of nitrogens with one attached hydrogen (secondary N) is 2. The van der Waals surface area contributed by atoms with E-state index in [4.69, 9.17) is 5.11 Å². The van der Waals surface area contributed by atoms with Crippen LogP contribution >= 0.6 is 0 Å². The van der Waals surface area contributed by atoms with Gasteiger partial charge in [-0.05, 0) is 26.7 Å². The van der Waals surface area contributed by atoms with Crippen LogP contribution in [0.3, 0.4) is 0 Å². The van der Waals surface area contributed by atoms with Crippen molar-refractivity contribution in [2.24, 2.45) is 0 Å². The lowest BCUT2D eigenvalue weighted by Crippen LogP contribution is -2.44. The summed E-state index contributed by atoms with van der Waals surface area (Å²) in [4.78, 5) is 21.9. The van der Waals surface area contributed by atoms with E-state index in [1.807, 2.05) is 6.92 Å². The molecule has 0 saturated heterocycles. The highest BCUT2D eigenvalue weighted by Crippen LogP contribution is 1.97. The third kappa shape index (κ3) is 10.1. The van der Waals surface area contributed by atoms with E-state index in [9.17, 15) is 13.8 Å². The van der Waals surface area contributed by atoms with Crippen molar-refractivity contribution in [1.29, 1.82) is 0 Å². The number of carbonyl (C=O) groups is 2. The van der Waals surface area contributed by atoms with Crippen molar-refractivity contribution in [3.63, 3.8) is 0 Å². The van der Waals surface area contributed by atoms with Crippen LogP contribution in [0.25, 0.3) is 0 Å².